The third kappa shape index (κ3) is 6.13. The Bertz CT molecular complexity index is 151. The van der Waals surface area contributed by atoms with Gasteiger partial charge in [-0.15, -0.1) is 0 Å². The fourth-order valence-corrected chi connectivity index (χ4v) is 1.85. The molecule has 0 aromatic rings. The molecule has 0 heterocycles. The van der Waals surface area contributed by atoms with E-state index in [2.05, 4.69) is 32.7 Å². The van der Waals surface area contributed by atoms with Crippen LogP contribution in [0.3, 0.4) is 0 Å². The number of nitrogens with two attached hydrogens (primary N) is 1. The van der Waals surface area contributed by atoms with Crippen molar-refractivity contribution in [2.24, 2.45) is 17.6 Å². The zero-order valence-electron chi connectivity index (χ0n) is 11.0. The van der Waals surface area contributed by atoms with E-state index < -0.39 is 0 Å². The van der Waals surface area contributed by atoms with E-state index in [0.717, 1.165) is 19.1 Å². The van der Waals surface area contributed by atoms with Gasteiger partial charge >= 0.3 is 0 Å². The lowest BCUT2D eigenvalue weighted by Crippen LogP contribution is -2.44. The van der Waals surface area contributed by atoms with Gasteiger partial charge in [-0.3, -0.25) is 0 Å². The molecule has 0 aliphatic heterocycles. The molecule has 0 saturated heterocycles. The minimum absolute atomic E-state index is 0.434. The Morgan fingerprint density at radius 3 is 2.27 bits per heavy atom. The molecule has 15 heavy (non-hydrogen) atoms. The highest BCUT2D eigenvalue weighted by molar-refractivity contribution is 4.75. The molecule has 0 aliphatic rings. The van der Waals surface area contributed by atoms with Gasteiger partial charge in [0.05, 0.1) is 6.61 Å². The quantitative estimate of drug-likeness (QED) is 0.669. The molecule has 0 radical (unpaired) electrons. The van der Waals surface area contributed by atoms with Crippen molar-refractivity contribution in [2.45, 2.75) is 33.2 Å². The highest BCUT2D eigenvalue weighted by Gasteiger charge is 2.20. The molecule has 0 bridgehead atoms. The Hall–Kier alpha value is -0.120. The Labute approximate surface area is 95.0 Å². The monoisotopic (exact) mass is 216 g/mol. The number of methoxy groups -OCH3 is 1. The van der Waals surface area contributed by atoms with Crippen molar-refractivity contribution >= 4 is 0 Å². The van der Waals surface area contributed by atoms with Crippen LogP contribution in [0.2, 0.25) is 0 Å². The summed E-state index contributed by atoms with van der Waals surface area (Å²) in [5.41, 5.74) is 5.81. The largest absolute Gasteiger partial charge is 0.384 e. The first-order valence-corrected chi connectivity index (χ1v) is 5.92. The van der Waals surface area contributed by atoms with Gasteiger partial charge in [0.1, 0.15) is 0 Å². The predicted octanol–water partition coefficient (Wildman–Crippen LogP) is 1.57. The number of ether oxygens (including phenoxy) is 1. The highest BCUT2D eigenvalue weighted by Crippen LogP contribution is 2.11. The average molecular weight is 216 g/mol. The fraction of sp³-hybridized carbons (Fsp3) is 1.00. The van der Waals surface area contributed by atoms with Gasteiger partial charge in [0, 0.05) is 19.7 Å². The standard InChI is InChI=1S/C12H28N2O/c1-10(2)6-7-14(4)12(8-13)11(3)9-15-5/h10-12H,6-9,13H2,1-5H3. The molecule has 0 saturated carbocycles. The molecule has 0 spiro atoms. The van der Waals surface area contributed by atoms with Crippen LogP contribution in [0.4, 0.5) is 0 Å². The maximum atomic E-state index is 5.81. The Morgan fingerprint density at radius 1 is 1.27 bits per heavy atom. The Kier molecular flexibility index (Phi) is 8.02. The van der Waals surface area contributed by atoms with Crippen molar-refractivity contribution in [1.29, 1.82) is 0 Å². The summed E-state index contributed by atoms with van der Waals surface area (Å²) in [6, 6.07) is 0.434. The molecular weight excluding hydrogens is 188 g/mol. The Morgan fingerprint density at radius 2 is 1.87 bits per heavy atom. The van der Waals surface area contributed by atoms with E-state index in [4.69, 9.17) is 10.5 Å². The van der Waals surface area contributed by atoms with Crippen molar-refractivity contribution in [3.8, 4) is 0 Å². The summed E-state index contributed by atoms with van der Waals surface area (Å²) in [5.74, 6) is 1.25. The van der Waals surface area contributed by atoms with Crippen LogP contribution in [-0.2, 0) is 4.74 Å². The van der Waals surface area contributed by atoms with Crippen LogP contribution in [0.15, 0.2) is 0 Å². The first kappa shape index (κ1) is 14.9. The third-order valence-corrected chi connectivity index (χ3v) is 2.95. The maximum Gasteiger partial charge on any atom is 0.0503 e. The zero-order chi connectivity index (χ0) is 11.8. The maximum absolute atomic E-state index is 5.81. The molecule has 0 aromatic carbocycles. The van der Waals surface area contributed by atoms with Crippen LogP contribution in [-0.4, -0.2) is 44.8 Å². The molecule has 2 atom stereocenters. The van der Waals surface area contributed by atoms with Crippen molar-refractivity contribution < 1.29 is 4.74 Å². The number of likely N-dealkylation sites (N-methyl/N-ethyl adjacent to an activating group) is 1. The predicted molar refractivity (Wildman–Crippen MR) is 66.0 cm³/mol. The second kappa shape index (κ2) is 8.08. The molecule has 3 heteroatoms. The van der Waals surface area contributed by atoms with Crippen molar-refractivity contribution in [2.75, 3.05) is 33.9 Å². The smallest absolute Gasteiger partial charge is 0.0503 e. The number of hydrogen-bond donors (Lipinski definition) is 1. The van der Waals surface area contributed by atoms with Gasteiger partial charge in [-0.25, -0.2) is 0 Å². The molecule has 92 valence electrons. The average Bonchev–Trinajstić information content (AvgIpc) is 2.16. The molecule has 3 nitrogen and oxygen atoms in total. The van der Waals surface area contributed by atoms with E-state index in [1.165, 1.54) is 6.42 Å². The summed E-state index contributed by atoms with van der Waals surface area (Å²) in [4.78, 5) is 2.36. The summed E-state index contributed by atoms with van der Waals surface area (Å²) in [6.07, 6.45) is 1.23. The van der Waals surface area contributed by atoms with Crippen LogP contribution in [0, 0.1) is 11.8 Å². The van der Waals surface area contributed by atoms with Crippen LogP contribution < -0.4 is 5.73 Å². The highest BCUT2D eigenvalue weighted by atomic mass is 16.5. The topological polar surface area (TPSA) is 38.5 Å². The lowest BCUT2D eigenvalue weighted by atomic mass is 10.0. The van der Waals surface area contributed by atoms with Gasteiger partial charge in [0.2, 0.25) is 0 Å². The van der Waals surface area contributed by atoms with Crippen LogP contribution in [0.5, 0.6) is 0 Å². The molecule has 0 amide bonds. The molecule has 2 unspecified atom stereocenters. The van der Waals surface area contributed by atoms with E-state index >= 15 is 0 Å². The second-order valence-corrected chi connectivity index (χ2v) is 4.90. The normalized spacial score (nSPS) is 16.0. The fourth-order valence-electron chi connectivity index (χ4n) is 1.85. The summed E-state index contributed by atoms with van der Waals surface area (Å²) in [7, 11) is 3.91. The van der Waals surface area contributed by atoms with Gasteiger partial charge in [-0.1, -0.05) is 20.8 Å². The molecule has 0 fully saturated rings. The minimum Gasteiger partial charge on any atom is -0.384 e. The van der Waals surface area contributed by atoms with Gasteiger partial charge in [0.25, 0.3) is 0 Å². The summed E-state index contributed by atoms with van der Waals surface area (Å²) < 4.78 is 5.18. The number of rotatable bonds is 8. The zero-order valence-corrected chi connectivity index (χ0v) is 11.0. The SMILES string of the molecule is COCC(C)C(CN)N(C)CCC(C)C. The first-order valence-electron chi connectivity index (χ1n) is 5.92. The van der Waals surface area contributed by atoms with E-state index in [1.807, 2.05) is 0 Å². The molecule has 0 aromatic heterocycles. The lowest BCUT2D eigenvalue weighted by molar-refractivity contribution is 0.0963. The Balaban J connectivity index is 4.02. The van der Waals surface area contributed by atoms with E-state index in [9.17, 15) is 0 Å². The number of hydrogen-bond acceptors (Lipinski definition) is 3. The third-order valence-electron chi connectivity index (χ3n) is 2.95. The second-order valence-electron chi connectivity index (χ2n) is 4.90. The summed E-state index contributed by atoms with van der Waals surface area (Å²) >= 11 is 0. The van der Waals surface area contributed by atoms with Crippen molar-refractivity contribution in [1.82, 2.24) is 4.90 Å². The minimum atomic E-state index is 0.434. The van der Waals surface area contributed by atoms with Gasteiger partial charge in [-0.2, -0.15) is 0 Å². The van der Waals surface area contributed by atoms with Gasteiger partial charge in [-0.05, 0) is 31.8 Å². The van der Waals surface area contributed by atoms with E-state index in [1.54, 1.807) is 7.11 Å². The van der Waals surface area contributed by atoms with Crippen LogP contribution in [0.25, 0.3) is 0 Å². The van der Waals surface area contributed by atoms with Crippen molar-refractivity contribution in [3.63, 3.8) is 0 Å². The van der Waals surface area contributed by atoms with Crippen LogP contribution in [0.1, 0.15) is 27.2 Å². The molecule has 2 N–H and O–H groups in total. The summed E-state index contributed by atoms with van der Waals surface area (Å²) in [6.45, 7) is 9.32. The van der Waals surface area contributed by atoms with E-state index in [0.29, 0.717) is 18.5 Å². The summed E-state index contributed by atoms with van der Waals surface area (Å²) in [5, 5.41) is 0. The van der Waals surface area contributed by atoms with Crippen LogP contribution >= 0.6 is 0 Å². The van der Waals surface area contributed by atoms with Gasteiger partial charge in [0.15, 0.2) is 0 Å². The number of nitrogens with zero attached hydrogens (tertiary/aromatic N) is 1. The van der Waals surface area contributed by atoms with E-state index in [-0.39, 0.29) is 0 Å². The van der Waals surface area contributed by atoms with Crippen molar-refractivity contribution in [3.05, 3.63) is 0 Å². The first-order chi connectivity index (χ1) is 7.02. The molecular formula is C12H28N2O. The lowest BCUT2D eigenvalue weighted by Gasteiger charge is -2.32. The molecule has 0 rings (SSSR count). The molecule has 0 aliphatic carbocycles. The van der Waals surface area contributed by atoms with Gasteiger partial charge < -0.3 is 15.4 Å².